The van der Waals surface area contributed by atoms with Crippen molar-refractivity contribution >= 4 is 33.0 Å². The Kier molecular flexibility index (Phi) is 4.08. The van der Waals surface area contributed by atoms with Crippen molar-refractivity contribution in [3.05, 3.63) is 73.5 Å². The predicted molar refractivity (Wildman–Crippen MR) is 100 cm³/mol. The van der Waals surface area contributed by atoms with E-state index in [1.54, 1.807) is 24.3 Å². The van der Waals surface area contributed by atoms with Crippen LogP contribution < -0.4 is 11.1 Å². The second kappa shape index (κ2) is 6.44. The lowest BCUT2D eigenvalue weighted by atomic mass is 10.1. The number of aromatic nitrogens is 4. The van der Waals surface area contributed by atoms with Crippen LogP contribution in [0.2, 0.25) is 0 Å². The van der Waals surface area contributed by atoms with Crippen LogP contribution in [0, 0.1) is 6.92 Å². The van der Waals surface area contributed by atoms with Gasteiger partial charge in [0, 0.05) is 29.6 Å². The lowest BCUT2D eigenvalue weighted by Crippen LogP contribution is -2.24. The molecule has 0 aliphatic carbocycles. The van der Waals surface area contributed by atoms with Crippen molar-refractivity contribution in [2.24, 2.45) is 7.05 Å². The zero-order chi connectivity index (χ0) is 19.1. The molecule has 1 aromatic carbocycles. The van der Waals surface area contributed by atoms with Gasteiger partial charge < -0.3 is 4.74 Å². The van der Waals surface area contributed by atoms with E-state index in [1.807, 2.05) is 12.3 Å². The number of hydrogen-bond donors (Lipinski definition) is 0. The first-order valence-corrected chi connectivity index (χ1v) is 8.93. The van der Waals surface area contributed by atoms with Crippen LogP contribution in [-0.4, -0.2) is 25.1 Å². The summed E-state index contributed by atoms with van der Waals surface area (Å²) in [6.45, 7) is 1.66. The van der Waals surface area contributed by atoms with Crippen molar-refractivity contribution in [1.82, 2.24) is 19.2 Å². The Morgan fingerprint density at radius 1 is 1.22 bits per heavy atom. The van der Waals surface area contributed by atoms with Crippen molar-refractivity contribution in [3.8, 4) is 0 Å². The average molecular weight is 382 g/mol. The molecule has 136 valence electrons. The molecule has 9 heteroatoms. The summed E-state index contributed by atoms with van der Waals surface area (Å²) in [5.74, 6) is -0.689. The minimum atomic E-state index is -0.689. The molecule has 0 radical (unpaired) electrons. The molecule has 3 aromatic heterocycles. The molecule has 0 spiro atoms. The summed E-state index contributed by atoms with van der Waals surface area (Å²) in [6, 6.07) is 8.05. The minimum Gasteiger partial charge on any atom is -0.454 e. The van der Waals surface area contributed by atoms with Crippen LogP contribution in [0.5, 0.6) is 0 Å². The number of nitrogens with zero attached hydrogens (tertiary/aromatic N) is 4. The fraction of sp³-hybridized carbons (Fsp3) is 0.167. The molecule has 4 rings (SSSR count). The normalized spacial score (nSPS) is 11.2. The first-order chi connectivity index (χ1) is 13.0. The van der Waals surface area contributed by atoms with Gasteiger partial charge in [-0.3, -0.25) is 14.0 Å². The number of ether oxygens (including phenoxy) is 1. The largest absolute Gasteiger partial charge is 0.454 e. The molecule has 8 nitrogen and oxygen atoms in total. The van der Waals surface area contributed by atoms with Crippen LogP contribution in [0.3, 0.4) is 0 Å². The summed E-state index contributed by atoms with van der Waals surface area (Å²) in [4.78, 5) is 41.8. The average Bonchev–Trinajstić information content (AvgIpc) is 3.04. The number of aryl methyl sites for hydroxylation is 2. The van der Waals surface area contributed by atoms with E-state index < -0.39 is 5.97 Å². The molecule has 3 heterocycles. The fourth-order valence-electron chi connectivity index (χ4n) is 2.83. The maximum absolute atomic E-state index is 12.5. The third-order valence-corrected chi connectivity index (χ3v) is 5.07. The Labute approximate surface area is 156 Å². The molecule has 0 atom stereocenters. The number of hydrogen-bond acceptors (Lipinski definition) is 7. The number of rotatable bonds is 3. The number of esters is 1. The maximum atomic E-state index is 12.5. The Hall–Kier alpha value is -3.33. The summed E-state index contributed by atoms with van der Waals surface area (Å²) in [5.41, 5.74) is 0.671. The zero-order valence-electron chi connectivity index (χ0n) is 14.5. The third kappa shape index (κ3) is 2.91. The molecule has 0 amide bonds. The molecule has 4 aromatic rings. The highest BCUT2D eigenvalue weighted by Crippen LogP contribution is 2.15. The predicted octanol–water partition coefficient (Wildman–Crippen LogP) is 1.67. The molecule has 0 unspecified atom stereocenters. The third-order valence-electron chi connectivity index (χ3n) is 4.13. The number of carbonyl (C=O) groups excluding carboxylic acids is 1. The zero-order valence-corrected chi connectivity index (χ0v) is 15.3. The van der Waals surface area contributed by atoms with Gasteiger partial charge in [-0.25, -0.2) is 14.5 Å². The summed E-state index contributed by atoms with van der Waals surface area (Å²) >= 11 is 1.34. The number of fused-ring (bicyclic) bond motifs is 2. The Bertz CT molecular complexity index is 1320. The van der Waals surface area contributed by atoms with Crippen molar-refractivity contribution in [1.29, 1.82) is 0 Å². The second-order valence-electron chi connectivity index (χ2n) is 5.98. The first kappa shape index (κ1) is 17.1. The van der Waals surface area contributed by atoms with E-state index in [-0.39, 0.29) is 23.4 Å². The number of carbonyl (C=O) groups is 1. The van der Waals surface area contributed by atoms with Crippen LogP contribution in [-0.2, 0) is 18.4 Å². The molecule has 0 saturated carbocycles. The van der Waals surface area contributed by atoms with E-state index in [0.717, 1.165) is 10.4 Å². The van der Waals surface area contributed by atoms with E-state index in [4.69, 9.17) is 4.74 Å². The van der Waals surface area contributed by atoms with Crippen LogP contribution in [0.25, 0.3) is 15.7 Å². The quantitative estimate of drug-likeness (QED) is 0.500. The molecular formula is C18H14N4O4S. The summed E-state index contributed by atoms with van der Waals surface area (Å²) in [6.07, 6.45) is 0. The van der Waals surface area contributed by atoms with Gasteiger partial charge in [0.1, 0.15) is 6.61 Å². The topological polar surface area (TPSA) is 95.6 Å². The first-order valence-electron chi connectivity index (χ1n) is 8.05. The van der Waals surface area contributed by atoms with Gasteiger partial charge in [-0.2, -0.15) is 5.10 Å². The van der Waals surface area contributed by atoms with Gasteiger partial charge in [0.05, 0.1) is 11.1 Å². The van der Waals surface area contributed by atoms with E-state index >= 15 is 0 Å². The molecule has 0 fully saturated rings. The van der Waals surface area contributed by atoms with E-state index in [1.165, 1.54) is 28.9 Å². The standard InChI is InChI=1S/C18H14N4O4S/c1-10-9-27-18-19-11(7-14(23)22(10)18)8-26-17(25)15-12-5-3-4-6-13(12)16(24)21(2)20-15/h3-7,9H,8H2,1-2H3. The monoisotopic (exact) mass is 382 g/mol. The maximum Gasteiger partial charge on any atom is 0.359 e. The van der Waals surface area contributed by atoms with Gasteiger partial charge in [-0.1, -0.05) is 18.2 Å². The molecular weight excluding hydrogens is 368 g/mol. The Morgan fingerprint density at radius 3 is 2.74 bits per heavy atom. The molecule has 0 bridgehead atoms. The highest BCUT2D eigenvalue weighted by atomic mass is 32.1. The SMILES string of the molecule is Cc1csc2nc(COC(=O)c3nn(C)c(=O)c4ccccc34)cc(=O)n12. The Morgan fingerprint density at radius 2 is 1.96 bits per heavy atom. The van der Waals surface area contributed by atoms with Crippen molar-refractivity contribution in [3.63, 3.8) is 0 Å². The molecule has 0 saturated heterocycles. The lowest BCUT2D eigenvalue weighted by Gasteiger charge is -2.08. The Balaban J connectivity index is 1.66. The summed E-state index contributed by atoms with van der Waals surface area (Å²) in [7, 11) is 1.47. The van der Waals surface area contributed by atoms with Crippen LogP contribution in [0.1, 0.15) is 21.9 Å². The van der Waals surface area contributed by atoms with Gasteiger partial charge in [-0.15, -0.1) is 11.3 Å². The van der Waals surface area contributed by atoms with Crippen molar-refractivity contribution in [2.45, 2.75) is 13.5 Å². The van der Waals surface area contributed by atoms with Crippen LogP contribution in [0.4, 0.5) is 0 Å². The number of thiazole rings is 1. The van der Waals surface area contributed by atoms with Gasteiger partial charge in [-0.05, 0) is 13.0 Å². The summed E-state index contributed by atoms with van der Waals surface area (Å²) < 4.78 is 7.90. The minimum absolute atomic E-state index is 0.0393. The van der Waals surface area contributed by atoms with Gasteiger partial charge in [0.25, 0.3) is 11.1 Å². The van der Waals surface area contributed by atoms with Crippen molar-refractivity contribution < 1.29 is 9.53 Å². The van der Waals surface area contributed by atoms with Gasteiger partial charge in [0.2, 0.25) is 0 Å². The smallest absolute Gasteiger partial charge is 0.359 e. The molecule has 27 heavy (non-hydrogen) atoms. The molecule has 0 N–H and O–H groups in total. The fourth-order valence-corrected chi connectivity index (χ4v) is 3.72. The van der Waals surface area contributed by atoms with Gasteiger partial charge in [0.15, 0.2) is 10.7 Å². The van der Waals surface area contributed by atoms with E-state index in [2.05, 4.69) is 10.1 Å². The van der Waals surface area contributed by atoms with E-state index in [0.29, 0.717) is 21.4 Å². The van der Waals surface area contributed by atoms with E-state index in [9.17, 15) is 14.4 Å². The highest BCUT2D eigenvalue weighted by Gasteiger charge is 2.17. The summed E-state index contributed by atoms with van der Waals surface area (Å²) in [5, 5.41) is 6.67. The molecule has 0 aliphatic rings. The number of benzene rings is 1. The molecule has 0 aliphatic heterocycles. The van der Waals surface area contributed by atoms with Gasteiger partial charge >= 0.3 is 5.97 Å². The highest BCUT2D eigenvalue weighted by molar-refractivity contribution is 7.15. The lowest BCUT2D eigenvalue weighted by molar-refractivity contribution is 0.0460. The van der Waals surface area contributed by atoms with Crippen LogP contribution >= 0.6 is 11.3 Å². The van der Waals surface area contributed by atoms with Crippen molar-refractivity contribution in [2.75, 3.05) is 0 Å². The van der Waals surface area contributed by atoms with Crippen LogP contribution in [0.15, 0.2) is 45.3 Å². The second-order valence-corrected chi connectivity index (χ2v) is 6.82.